The van der Waals surface area contributed by atoms with Crippen molar-refractivity contribution in [3.8, 4) is 0 Å². The molecule has 1 aliphatic rings. The Hall–Kier alpha value is -2.86. The van der Waals surface area contributed by atoms with Gasteiger partial charge in [0, 0.05) is 0 Å². The summed E-state index contributed by atoms with van der Waals surface area (Å²) < 4.78 is 0. The largest absolute Gasteiger partial charge is 0.0874 e. The summed E-state index contributed by atoms with van der Waals surface area (Å²) in [5.41, 5.74) is 4.24. The molecule has 0 radical (unpaired) electrons. The average Bonchev–Trinajstić information content (AvgIpc) is 3.03. The van der Waals surface area contributed by atoms with Gasteiger partial charge in [0.05, 0.1) is 0 Å². The van der Waals surface area contributed by atoms with Crippen LogP contribution in [-0.4, -0.2) is 0 Å². The normalized spacial score (nSPS) is 14.0. The van der Waals surface area contributed by atoms with Gasteiger partial charge in [-0.1, -0.05) is 66.8 Å². The van der Waals surface area contributed by atoms with E-state index in [1.807, 2.05) is 0 Å². The van der Waals surface area contributed by atoms with Gasteiger partial charge in [0.25, 0.3) is 0 Å². The van der Waals surface area contributed by atoms with Crippen molar-refractivity contribution in [1.29, 1.82) is 0 Å². The van der Waals surface area contributed by atoms with Crippen molar-refractivity contribution in [3.63, 3.8) is 0 Å². The lowest BCUT2D eigenvalue weighted by atomic mass is 9.94. The van der Waals surface area contributed by atoms with Crippen LogP contribution in [0.2, 0.25) is 0 Å². The number of benzene rings is 4. The first-order valence-electron chi connectivity index (χ1n) is 8.54. The molecule has 1 aliphatic carbocycles. The molecule has 0 saturated heterocycles. The van der Waals surface area contributed by atoms with E-state index in [1.54, 1.807) is 0 Å². The first-order valence-corrected chi connectivity index (χ1v) is 8.54. The number of rotatable bonds is 1. The number of fused-ring (bicyclic) bond motifs is 6. The van der Waals surface area contributed by atoms with Crippen LogP contribution in [0.5, 0.6) is 0 Å². The van der Waals surface area contributed by atoms with E-state index in [0.717, 1.165) is 6.42 Å². The average molecular weight is 306 g/mol. The Labute approximate surface area is 141 Å². The van der Waals surface area contributed by atoms with E-state index in [2.05, 4.69) is 85.8 Å². The van der Waals surface area contributed by atoms with Gasteiger partial charge in [0.2, 0.25) is 0 Å². The maximum absolute atomic E-state index is 2.35. The summed E-state index contributed by atoms with van der Waals surface area (Å²) in [6.07, 6.45) is 7.75. The third-order valence-corrected chi connectivity index (χ3v) is 5.12. The summed E-state index contributed by atoms with van der Waals surface area (Å²) in [5.74, 6) is 0. The highest BCUT2D eigenvalue weighted by Gasteiger charge is 2.14. The second kappa shape index (κ2) is 5.07. The van der Waals surface area contributed by atoms with Crippen molar-refractivity contribution in [1.82, 2.24) is 0 Å². The third-order valence-electron chi connectivity index (χ3n) is 5.12. The molecule has 0 heteroatoms. The number of allylic oxidation sites excluding steroid dienone is 3. The Balaban J connectivity index is 1.86. The molecule has 0 amide bonds. The van der Waals surface area contributed by atoms with E-state index in [9.17, 15) is 0 Å². The van der Waals surface area contributed by atoms with Crippen LogP contribution >= 0.6 is 0 Å². The summed E-state index contributed by atoms with van der Waals surface area (Å²) in [5, 5.41) is 8.01. The zero-order valence-electron chi connectivity index (χ0n) is 13.7. The van der Waals surface area contributed by atoms with Crippen molar-refractivity contribution in [2.45, 2.75) is 13.3 Å². The summed E-state index contributed by atoms with van der Waals surface area (Å²) in [6.45, 7) is 2.08. The van der Waals surface area contributed by atoms with Gasteiger partial charge in [-0.2, -0.15) is 0 Å². The molecule has 4 aromatic carbocycles. The summed E-state index contributed by atoms with van der Waals surface area (Å²) in [7, 11) is 0. The fourth-order valence-electron chi connectivity index (χ4n) is 4.00. The third kappa shape index (κ3) is 1.93. The molecule has 24 heavy (non-hydrogen) atoms. The second-order valence-corrected chi connectivity index (χ2v) is 6.62. The monoisotopic (exact) mass is 306 g/mol. The molecule has 0 aromatic heterocycles. The molecule has 0 bridgehead atoms. The molecular weight excluding hydrogens is 288 g/mol. The van der Waals surface area contributed by atoms with Crippen LogP contribution in [-0.2, 0) is 6.42 Å². The van der Waals surface area contributed by atoms with E-state index in [0.29, 0.717) is 0 Å². The van der Waals surface area contributed by atoms with Gasteiger partial charge >= 0.3 is 0 Å². The van der Waals surface area contributed by atoms with Gasteiger partial charge in [-0.3, -0.25) is 0 Å². The summed E-state index contributed by atoms with van der Waals surface area (Å²) in [6, 6.07) is 22.4. The quantitative estimate of drug-likeness (QED) is 0.272. The van der Waals surface area contributed by atoms with Crippen LogP contribution in [0.3, 0.4) is 0 Å². The van der Waals surface area contributed by atoms with Gasteiger partial charge in [-0.25, -0.2) is 0 Å². The first-order chi connectivity index (χ1) is 11.8. The van der Waals surface area contributed by atoms with E-state index in [1.165, 1.54) is 49.0 Å². The molecule has 0 spiro atoms. The molecule has 0 fully saturated rings. The number of hydrogen-bond donors (Lipinski definition) is 0. The lowest BCUT2D eigenvalue weighted by molar-refractivity contribution is 1.25. The highest BCUT2D eigenvalue weighted by Crippen LogP contribution is 2.36. The first kappa shape index (κ1) is 13.6. The summed E-state index contributed by atoms with van der Waals surface area (Å²) >= 11 is 0. The van der Waals surface area contributed by atoms with Crippen LogP contribution in [0.4, 0.5) is 0 Å². The SMILES string of the molecule is C/C=C/C1=Cc2c(ccc3c2ccc2cc4ccccc4cc23)C1. The van der Waals surface area contributed by atoms with Crippen LogP contribution in [0.25, 0.3) is 38.4 Å². The lowest BCUT2D eigenvalue weighted by Gasteiger charge is -2.09. The van der Waals surface area contributed by atoms with Gasteiger partial charge in [-0.15, -0.1) is 0 Å². The lowest BCUT2D eigenvalue weighted by Crippen LogP contribution is -1.86. The fourth-order valence-corrected chi connectivity index (χ4v) is 4.00. The number of hydrogen-bond acceptors (Lipinski definition) is 0. The van der Waals surface area contributed by atoms with Gasteiger partial charge in [-0.05, 0) is 74.5 Å². The molecule has 5 rings (SSSR count). The van der Waals surface area contributed by atoms with Gasteiger partial charge in [0.15, 0.2) is 0 Å². The zero-order valence-corrected chi connectivity index (χ0v) is 13.7. The molecule has 0 unspecified atom stereocenters. The molecule has 0 heterocycles. The Morgan fingerprint density at radius 2 is 1.54 bits per heavy atom. The Kier molecular flexibility index (Phi) is 2.87. The topological polar surface area (TPSA) is 0 Å². The second-order valence-electron chi connectivity index (χ2n) is 6.62. The van der Waals surface area contributed by atoms with Gasteiger partial charge in [0.1, 0.15) is 0 Å². The molecule has 0 saturated carbocycles. The van der Waals surface area contributed by atoms with Crippen molar-refractivity contribution in [2.75, 3.05) is 0 Å². The molecule has 0 atom stereocenters. The Bertz CT molecular complexity index is 1170. The van der Waals surface area contributed by atoms with Crippen LogP contribution in [0.15, 0.2) is 78.4 Å². The minimum atomic E-state index is 1.05. The van der Waals surface area contributed by atoms with Crippen molar-refractivity contribution in [3.05, 3.63) is 89.5 Å². The van der Waals surface area contributed by atoms with E-state index in [4.69, 9.17) is 0 Å². The van der Waals surface area contributed by atoms with Crippen molar-refractivity contribution >= 4 is 38.4 Å². The fraction of sp³-hybridized carbons (Fsp3) is 0.0833. The maximum Gasteiger partial charge on any atom is -0.00195 e. The molecular formula is C24H18. The zero-order chi connectivity index (χ0) is 16.1. The van der Waals surface area contributed by atoms with E-state index < -0.39 is 0 Å². The Morgan fingerprint density at radius 3 is 2.38 bits per heavy atom. The molecule has 0 N–H and O–H groups in total. The minimum absolute atomic E-state index is 1.05. The predicted octanol–water partition coefficient (Wildman–Crippen LogP) is 6.66. The highest BCUT2D eigenvalue weighted by atomic mass is 14.2. The van der Waals surface area contributed by atoms with Crippen molar-refractivity contribution in [2.24, 2.45) is 0 Å². The van der Waals surface area contributed by atoms with E-state index >= 15 is 0 Å². The highest BCUT2D eigenvalue weighted by molar-refractivity contribution is 6.14. The molecule has 114 valence electrons. The smallest absolute Gasteiger partial charge is 0.00195 e. The minimum Gasteiger partial charge on any atom is -0.0874 e. The Morgan fingerprint density at radius 1 is 0.750 bits per heavy atom. The summed E-state index contributed by atoms with van der Waals surface area (Å²) in [4.78, 5) is 0. The predicted molar refractivity (Wildman–Crippen MR) is 105 cm³/mol. The molecule has 0 aliphatic heterocycles. The standard InChI is InChI=1S/C24H18/c1-2-5-16-12-19-8-10-22-21(23(19)13-16)11-9-20-14-17-6-3-4-7-18(17)15-24(20)22/h2-11,13-15H,12H2,1H3/b5-2+. The van der Waals surface area contributed by atoms with Crippen LogP contribution < -0.4 is 0 Å². The maximum atomic E-state index is 2.35. The molecule has 0 nitrogen and oxygen atoms in total. The van der Waals surface area contributed by atoms with Crippen molar-refractivity contribution < 1.29 is 0 Å². The molecule has 4 aromatic rings. The van der Waals surface area contributed by atoms with E-state index in [-0.39, 0.29) is 0 Å². The van der Waals surface area contributed by atoms with Crippen LogP contribution in [0.1, 0.15) is 18.1 Å². The van der Waals surface area contributed by atoms with Crippen LogP contribution in [0, 0.1) is 0 Å². The van der Waals surface area contributed by atoms with Gasteiger partial charge < -0.3 is 0 Å².